The van der Waals surface area contributed by atoms with Gasteiger partial charge in [0.2, 0.25) is 0 Å². The van der Waals surface area contributed by atoms with E-state index in [1.165, 1.54) is 10.8 Å². The van der Waals surface area contributed by atoms with E-state index in [4.69, 9.17) is 19.9 Å². The average molecular weight is 613 g/mol. The first-order valence-electron chi connectivity index (χ1n) is 16.1. The van der Waals surface area contributed by atoms with E-state index in [1.807, 2.05) is 18.2 Å². The number of nitrogens with zero attached hydrogens (tertiary/aromatic N) is 4. The fraction of sp³-hybridized carbons (Fsp3) is 0. The Balaban J connectivity index is 1.17. The standard InChI is InChI=1S/C44H28N4/c1-2-12-31(13-3-1)40-28-36-16-8-9-17-39(36)41(45-40)32-20-22-33(23-21-32)42-46-43(37-24-18-29-10-4-6-14-34(29)26-37)48-44(47-42)38-25-19-30-11-5-7-15-35(30)27-38/h1-28H. The van der Waals surface area contributed by atoms with Gasteiger partial charge in [0.1, 0.15) is 0 Å². The average Bonchev–Trinajstić information content (AvgIpc) is 3.17. The molecule has 4 nitrogen and oxygen atoms in total. The van der Waals surface area contributed by atoms with Gasteiger partial charge in [-0.15, -0.1) is 0 Å². The second kappa shape index (κ2) is 11.7. The SMILES string of the molecule is c1ccc(-c2cc3ccccc3c(-c3ccc(-c4nc(-c5ccc6ccccc6c5)nc(-c5ccc6ccccc6c5)n4)cc3)n2)cc1. The molecular formula is C44H28N4. The molecule has 9 aromatic rings. The van der Waals surface area contributed by atoms with Gasteiger partial charge in [-0.1, -0.05) is 152 Å². The first kappa shape index (κ1) is 27.8. The Morgan fingerprint density at radius 3 is 1.33 bits per heavy atom. The summed E-state index contributed by atoms with van der Waals surface area (Å²) >= 11 is 0. The summed E-state index contributed by atoms with van der Waals surface area (Å²) in [5.41, 5.74) is 6.83. The van der Waals surface area contributed by atoms with Crippen molar-refractivity contribution in [3.8, 4) is 56.7 Å². The highest BCUT2D eigenvalue weighted by Crippen LogP contribution is 2.33. The molecule has 0 unspecified atom stereocenters. The quantitative estimate of drug-likeness (QED) is 0.194. The Morgan fingerprint density at radius 1 is 0.271 bits per heavy atom. The van der Waals surface area contributed by atoms with Crippen molar-refractivity contribution < 1.29 is 0 Å². The van der Waals surface area contributed by atoms with Gasteiger partial charge in [-0.05, 0) is 45.1 Å². The lowest BCUT2D eigenvalue weighted by atomic mass is 10.00. The van der Waals surface area contributed by atoms with Gasteiger partial charge in [0.25, 0.3) is 0 Å². The zero-order valence-electron chi connectivity index (χ0n) is 26.0. The first-order chi connectivity index (χ1) is 23.7. The number of hydrogen-bond acceptors (Lipinski definition) is 4. The Morgan fingerprint density at radius 2 is 0.729 bits per heavy atom. The van der Waals surface area contributed by atoms with Gasteiger partial charge in [0.05, 0.1) is 11.4 Å². The Bertz CT molecular complexity index is 2510. The Labute approximate surface area is 278 Å². The molecule has 7 aromatic carbocycles. The summed E-state index contributed by atoms with van der Waals surface area (Å²) in [6.45, 7) is 0. The molecule has 0 radical (unpaired) electrons. The molecule has 9 rings (SSSR count). The third-order valence-corrected chi connectivity index (χ3v) is 8.88. The van der Waals surface area contributed by atoms with Crippen molar-refractivity contribution in [3.63, 3.8) is 0 Å². The summed E-state index contributed by atoms with van der Waals surface area (Å²) in [6, 6.07) is 58.8. The molecule has 0 spiro atoms. The third-order valence-electron chi connectivity index (χ3n) is 8.88. The normalized spacial score (nSPS) is 11.3. The van der Waals surface area contributed by atoms with E-state index in [-0.39, 0.29) is 0 Å². The number of hydrogen-bond donors (Lipinski definition) is 0. The monoisotopic (exact) mass is 612 g/mol. The van der Waals surface area contributed by atoms with Crippen LogP contribution in [0.3, 0.4) is 0 Å². The Hall–Kier alpha value is -6.52. The van der Waals surface area contributed by atoms with Crippen LogP contribution in [0.15, 0.2) is 170 Å². The minimum atomic E-state index is 0.624. The zero-order chi connectivity index (χ0) is 31.9. The number of rotatable bonds is 5. The summed E-state index contributed by atoms with van der Waals surface area (Å²) in [5.74, 6) is 1.90. The van der Waals surface area contributed by atoms with Gasteiger partial charge < -0.3 is 0 Å². The van der Waals surface area contributed by atoms with Gasteiger partial charge >= 0.3 is 0 Å². The highest BCUT2D eigenvalue weighted by Gasteiger charge is 2.15. The maximum absolute atomic E-state index is 5.16. The molecule has 0 fully saturated rings. The van der Waals surface area contributed by atoms with Crippen LogP contribution in [0.2, 0.25) is 0 Å². The molecule has 48 heavy (non-hydrogen) atoms. The van der Waals surface area contributed by atoms with Crippen molar-refractivity contribution in [2.24, 2.45) is 0 Å². The van der Waals surface area contributed by atoms with Crippen molar-refractivity contribution in [2.45, 2.75) is 0 Å². The van der Waals surface area contributed by atoms with E-state index in [2.05, 4.69) is 152 Å². The summed E-state index contributed by atoms with van der Waals surface area (Å²) in [4.78, 5) is 20.3. The summed E-state index contributed by atoms with van der Waals surface area (Å²) in [6.07, 6.45) is 0. The smallest absolute Gasteiger partial charge is 0.164 e. The lowest BCUT2D eigenvalue weighted by Gasteiger charge is -2.12. The predicted octanol–water partition coefficient (Wildman–Crippen LogP) is 11.1. The van der Waals surface area contributed by atoms with Crippen molar-refractivity contribution in [1.29, 1.82) is 0 Å². The van der Waals surface area contributed by atoms with E-state index in [1.54, 1.807) is 0 Å². The number of aromatic nitrogens is 4. The van der Waals surface area contributed by atoms with Crippen molar-refractivity contribution in [1.82, 2.24) is 19.9 Å². The second-order valence-corrected chi connectivity index (χ2v) is 12.0. The highest BCUT2D eigenvalue weighted by atomic mass is 15.0. The number of pyridine rings is 1. The molecule has 0 saturated heterocycles. The maximum atomic E-state index is 5.16. The van der Waals surface area contributed by atoms with Crippen LogP contribution in [0.1, 0.15) is 0 Å². The van der Waals surface area contributed by atoms with E-state index in [0.717, 1.165) is 60.8 Å². The van der Waals surface area contributed by atoms with E-state index >= 15 is 0 Å². The highest BCUT2D eigenvalue weighted by molar-refractivity contribution is 5.97. The van der Waals surface area contributed by atoms with Crippen LogP contribution in [-0.4, -0.2) is 19.9 Å². The minimum absolute atomic E-state index is 0.624. The second-order valence-electron chi connectivity index (χ2n) is 12.0. The maximum Gasteiger partial charge on any atom is 0.164 e. The first-order valence-corrected chi connectivity index (χ1v) is 16.1. The van der Waals surface area contributed by atoms with Crippen LogP contribution in [0.5, 0.6) is 0 Å². The van der Waals surface area contributed by atoms with Crippen molar-refractivity contribution >= 4 is 32.3 Å². The summed E-state index contributed by atoms with van der Waals surface area (Å²) in [5, 5.41) is 6.92. The van der Waals surface area contributed by atoms with Crippen LogP contribution >= 0.6 is 0 Å². The lowest BCUT2D eigenvalue weighted by Crippen LogP contribution is -2.00. The number of fused-ring (bicyclic) bond motifs is 3. The van der Waals surface area contributed by atoms with Gasteiger partial charge in [0, 0.05) is 33.2 Å². The van der Waals surface area contributed by atoms with Crippen LogP contribution in [0.4, 0.5) is 0 Å². The molecular weight excluding hydrogens is 585 g/mol. The van der Waals surface area contributed by atoms with Crippen LogP contribution in [0.25, 0.3) is 89.0 Å². The molecule has 4 heteroatoms. The van der Waals surface area contributed by atoms with Crippen LogP contribution in [0, 0.1) is 0 Å². The molecule has 0 aliphatic heterocycles. The van der Waals surface area contributed by atoms with Gasteiger partial charge in [-0.2, -0.15) is 0 Å². The number of benzene rings is 7. The van der Waals surface area contributed by atoms with E-state index in [9.17, 15) is 0 Å². The molecule has 0 aliphatic rings. The van der Waals surface area contributed by atoms with Gasteiger partial charge in [-0.3, -0.25) is 0 Å². The van der Waals surface area contributed by atoms with Crippen LogP contribution < -0.4 is 0 Å². The summed E-state index contributed by atoms with van der Waals surface area (Å²) < 4.78 is 0. The molecule has 2 aromatic heterocycles. The molecule has 0 N–H and O–H groups in total. The van der Waals surface area contributed by atoms with Gasteiger partial charge in [0.15, 0.2) is 17.5 Å². The van der Waals surface area contributed by atoms with Crippen molar-refractivity contribution in [3.05, 3.63) is 170 Å². The largest absolute Gasteiger partial charge is 0.247 e. The molecule has 2 heterocycles. The summed E-state index contributed by atoms with van der Waals surface area (Å²) in [7, 11) is 0. The predicted molar refractivity (Wildman–Crippen MR) is 197 cm³/mol. The lowest BCUT2D eigenvalue weighted by molar-refractivity contribution is 1.08. The fourth-order valence-electron chi connectivity index (χ4n) is 6.37. The van der Waals surface area contributed by atoms with Crippen LogP contribution in [-0.2, 0) is 0 Å². The fourth-order valence-corrected chi connectivity index (χ4v) is 6.37. The molecule has 0 aliphatic carbocycles. The minimum Gasteiger partial charge on any atom is -0.247 e. The van der Waals surface area contributed by atoms with Gasteiger partial charge in [-0.25, -0.2) is 19.9 Å². The topological polar surface area (TPSA) is 51.6 Å². The van der Waals surface area contributed by atoms with E-state index in [0.29, 0.717) is 17.5 Å². The van der Waals surface area contributed by atoms with Crippen molar-refractivity contribution in [2.75, 3.05) is 0 Å². The molecule has 0 amide bonds. The third kappa shape index (κ3) is 5.16. The molecule has 0 atom stereocenters. The molecule has 0 saturated carbocycles. The zero-order valence-corrected chi connectivity index (χ0v) is 26.0. The molecule has 0 bridgehead atoms. The Kier molecular flexibility index (Phi) is 6.76. The van der Waals surface area contributed by atoms with E-state index < -0.39 is 0 Å². The molecule has 224 valence electrons.